The maximum absolute atomic E-state index is 5.03. The Kier molecular flexibility index (Phi) is 2.21. The minimum Gasteiger partial charge on any atom is -0.355 e. The molecule has 1 aliphatic rings. The zero-order valence-electron chi connectivity index (χ0n) is 9.05. The fraction of sp³-hybridized carbons (Fsp3) is 0.500. The summed E-state index contributed by atoms with van der Waals surface area (Å²) < 4.78 is 5.03. The number of likely N-dealkylation sites (N-methyl/N-ethyl adjacent to an activating group) is 1. The van der Waals surface area contributed by atoms with Gasteiger partial charge in [0.1, 0.15) is 17.5 Å². The molecule has 3 heterocycles. The van der Waals surface area contributed by atoms with Gasteiger partial charge in [-0.25, -0.2) is 4.98 Å². The Morgan fingerprint density at radius 2 is 2.44 bits per heavy atom. The fourth-order valence-corrected chi connectivity index (χ4v) is 2.11. The number of fused-ring (bicyclic) bond motifs is 1. The maximum Gasteiger partial charge on any atom is 0.262 e. The summed E-state index contributed by atoms with van der Waals surface area (Å²) >= 11 is 0. The second kappa shape index (κ2) is 3.71. The van der Waals surface area contributed by atoms with Crippen LogP contribution in [0, 0.1) is 0 Å². The van der Waals surface area contributed by atoms with Crippen LogP contribution >= 0.6 is 0 Å². The molecule has 0 saturated carbocycles. The second-order valence-corrected chi connectivity index (χ2v) is 4.00. The van der Waals surface area contributed by atoms with Crippen LogP contribution in [0.2, 0.25) is 0 Å². The van der Waals surface area contributed by atoms with Gasteiger partial charge in [0.2, 0.25) is 0 Å². The summed E-state index contributed by atoms with van der Waals surface area (Å²) in [6.45, 7) is 2.06. The average molecular weight is 219 g/mol. The van der Waals surface area contributed by atoms with Crippen LogP contribution in [0.15, 0.2) is 17.0 Å². The van der Waals surface area contributed by atoms with Gasteiger partial charge in [-0.15, -0.1) is 0 Å². The first kappa shape index (κ1) is 9.53. The Morgan fingerprint density at radius 1 is 1.50 bits per heavy atom. The lowest BCUT2D eigenvalue weighted by Crippen LogP contribution is -2.34. The third-order valence-electron chi connectivity index (χ3n) is 3.06. The predicted molar refractivity (Wildman–Crippen MR) is 59.3 cm³/mol. The largest absolute Gasteiger partial charge is 0.355 e. The summed E-state index contributed by atoms with van der Waals surface area (Å²) in [4.78, 5) is 10.5. The van der Waals surface area contributed by atoms with E-state index in [4.69, 9.17) is 4.52 Å². The number of nitrogens with one attached hydrogen (secondary N) is 1. The van der Waals surface area contributed by atoms with Crippen molar-refractivity contribution < 1.29 is 4.52 Å². The number of nitrogens with zero attached hydrogens (tertiary/aromatic N) is 4. The van der Waals surface area contributed by atoms with Crippen molar-refractivity contribution in [2.45, 2.75) is 12.5 Å². The number of hydrogen-bond donors (Lipinski definition) is 1. The summed E-state index contributed by atoms with van der Waals surface area (Å²) in [5.41, 5.74) is 0.544. The summed E-state index contributed by atoms with van der Waals surface area (Å²) in [6.07, 6.45) is 4.32. The van der Waals surface area contributed by atoms with Crippen molar-refractivity contribution in [3.63, 3.8) is 0 Å². The molecule has 0 bridgehead atoms. The van der Waals surface area contributed by atoms with Crippen molar-refractivity contribution >= 4 is 16.9 Å². The van der Waals surface area contributed by atoms with Crippen molar-refractivity contribution in [3.8, 4) is 0 Å². The molecule has 0 amide bonds. The quantitative estimate of drug-likeness (QED) is 0.789. The molecule has 1 unspecified atom stereocenters. The summed E-state index contributed by atoms with van der Waals surface area (Å²) in [6, 6.07) is 0.480. The van der Waals surface area contributed by atoms with Crippen molar-refractivity contribution in [3.05, 3.63) is 12.5 Å². The van der Waals surface area contributed by atoms with Gasteiger partial charge < -0.3 is 14.7 Å². The van der Waals surface area contributed by atoms with Crippen LogP contribution in [-0.4, -0.2) is 41.3 Å². The third kappa shape index (κ3) is 1.42. The molecule has 1 aliphatic heterocycles. The van der Waals surface area contributed by atoms with Crippen molar-refractivity contribution in [1.29, 1.82) is 0 Å². The molecule has 1 N–H and O–H groups in total. The molecule has 1 saturated heterocycles. The van der Waals surface area contributed by atoms with E-state index in [0.29, 0.717) is 11.8 Å². The molecule has 0 spiro atoms. The Labute approximate surface area is 92.6 Å². The van der Waals surface area contributed by atoms with Crippen molar-refractivity contribution in [1.82, 2.24) is 20.4 Å². The number of rotatable bonds is 2. The van der Waals surface area contributed by atoms with E-state index >= 15 is 0 Å². The highest BCUT2D eigenvalue weighted by atomic mass is 16.5. The van der Waals surface area contributed by atoms with Crippen LogP contribution in [0.5, 0.6) is 0 Å². The smallest absolute Gasteiger partial charge is 0.262 e. The highest BCUT2D eigenvalue weighted by Gasteiger charge is 2.22. The minimum absolute atomic E-state index is 0.480. The average Bonchev–Trinajstić information content (AvgIpc) is 2.98. The van der Waals surface area contributed by atoms with E-state index < -0.39 is 0 Å². The molecule has 1 fully saturated rings. The highest BCUT2D eigenvalue weighted by molar-refractivity contribution is 5.84. The summed E-state index contributed by atoms with van der Waals surface area (Å²) in [5, 5.41) is 7.96. The molecule has 1 atom stereocenters. The van der Waals surface area contributed by atoms with Gasteiger partial charge >= 0.3 is 0 Å². The zero-order valence-corrected chi connectivity index (χ0v) is 9.05. The number of aromatic nitrogens is 3. The molecule has 84 valence electrons. The SMILES string of the molecule is CN(c1ncnc2oncc12)C1CCNC1. The molecule has 6 heteroatoms. The molecular formula is C10H13N5O. The van der Waals surface area contributed by atoms with Gasteiger partial charge in [-0.05, 0) is 13.0 Å². The normalized spacial score (nSPS) is 20.4. The van der Waals surface area contributed by atoms with Crippen molar-refractivity contribution in [2.24, 2.45) is 0 Å². The molecule has 16 heavy (non-hydrogen) atoms. The van der Waals surface area contributed by atoms with Gasteiger partial charge in [-0.3, -0.25) is 0 Å². The summed E-state index contributed by atoms with van der Waals surface area (Å²) in [7, 11) is 2.05. The minimum atomic E-state index is 0.480. The Balaban J connectivity index is 2.00. The Hall–Kier alpha value is -1.69. The van der Waals surface area contributed by atoms with E-state index in [9.17, 15) is 0 Å². The fourth-order valence-electron chi connectivity index (χ4n) is 2.11. The summed E-state index contributed by atoms with van der Waals surface area (Å²) in [5.74, 6) is 0.889. The first-order chi connectivity index (χ1) is 7.86. The van der Waals surface area contributed by atoms with E-state index in [2.05, 4.69) is 25.3 Å². The lowest BCUT2D eigenvalue weighted by molar-refractivity contribution is 0.448. The van der Waals surface area contributed by atoms with E-state index in [1.165, 1.54) is 6.33 Å². The third-order valence-corrected chi connectivity index (χ3v) is 3.06. The van der Waals surface area contributed by atoms with Crippen LogP contribution in [0.1, 0.15) is 6.42 Å². The van der Waals surface area contributed by atoms with Gasteiger partial charge in [0.25, 0.3) is 5.71 Å². The van der Waals surface area contributed by atoms with Gasteiger partial charge in [0.15, 0.2) is 0 Å². The van der Waals surface area contributed by atoms with Crippen LogP contribution in [0.4, 0.5) is 5.82 Å². The highest BCUT2D eigenvalue weighted by Crippen LogP contribution is 2.24. The molecule has 2 aromatic heterocycles. The Morgan fingerprint density at radius 3 is 3.25 bits per heavy atom. The van der Waals surface area contributed by atoms with Crippen LogP contribution in [-0.2, 0) is 0 Å². The molecular weight excluding hydrogens is 206 g/mol. The standard InChI is InChI=1S/C10H13N5O/c1-15(7-2-3-11-4-7)9-8-5-14-16-10(8)13-6-12-9/h5-7,11H,2-4H2,1H3. The molecule has 0 aromatic carbocycles. The Bertz CT molecular complexity index is 491. The van der Waals surface area contributed by atoms with E-state index in [1.54, 1.807) is 6.20 Å². The van der Waals surface area contributed by atoms with Gasteiger partial charge in [-0.1, -0.05) is 5.16 Å². The van der Waals surface area contributed by atoms with Crippen LogP contribution in [0.25, 0.3) is 11.1 Å². The van der Waals surface area contributed by atoms with E-state index in [1.807, 2.05) is 7.05 Å². The monoisotopic (exact) mass is 219 g/mol. The molecule has 0 radical (unpaired) electrons. The lowest BCUT2D eigenvalue weighted by Gasteiger charge is -2.24. The van der Waals surface area contributed by atoms with E-state index in [-0.39, 0.29) is 0 Å². The van der Waals surface area contributed by atoms with Crippen LogP contribution < -0.4 is 10.2 Å². The first-order valence-electron chi connectivity index (χ1n) is 5.35. The van der Waals surface area contributed by atoms with Gasteiger partial charge in [-0.2, -0.15) is 4.98 Å². The molecule has 0 aliphatic carbocycles. The van der Waals surface area contributed by atoms with Crippen molar-refractivity contribution in [2.75, 3.05) is 25.0 Å². The maximum atomic E-state index is 5.03. The van der Waals surface area contributed by atoms with Gasteiger partial charge in [0, 0.05) is 19.6 Å². The molecule has 3 rings (SSSR count). The number of anilines is 1. The molecule has 6 nitrogen and oxygen atoms in total. The first-order valence-corrected chi connectivity index (χ1v) is 5.35. The second-order valence-electron chi connectivity index (χ2n) is 4.00. The van der Waals surface area contributed by atoms with E-state index in [0.717, 1.165) is 30.7 Å². The molecule has 2 aromatic rings. The van der Waals surface area contributed by atoms with Gasteiger partial charge in [0.05, 0.1) is 6.20 Å². The zero-order chi connectivity index (χ0) is 11.0. The lowest BCUT2D eigenvalue weighted by atomic mass is 10.2. The van der Waals surface area contributed by atoms with Crippen LogP contribution in [0.3, 0.4) is 0 Å². The predicted octanol–water partition coefficient (Wildman–Crippen LogP) is 0.416. The topological polar surface area (TPSA) is 67.1 Å². The number of hydrogen-bond acceptors (Lipinski definition) is 6.